The number of carboxylic acid groups (broad SMARTS) is 1. The second-order valence-electron chi connectivity index (χ2n) is 4.93. The third-order valence-electron chi connectivity index (χ3n) is 3.53. The number of likely N-dealkylation sites (N-methyl/N-ethyl adjacent to an activating group) is 1. The number of non-ortho nitro benzene ring substituents is 1. The van der Waals surface area contributed by atoms with Crippen LogP contribution in [-0.4, -0.2) is 39.1 Å². The van der Waals surface area contributed by atoms with Crippen molar-refractivity contribution in [3.8, 4) is 0 Å². The number of H-pyrrole nitrogens is 2. The number of nitro benzene ring substituents is 1. The average molecular weight is 322 g/mol. The minimum absolute atomic E-state index is 0.0471. The van der Waals surface area contributed by atoms with Crippen molar-refractivity contribution >= 4 is 28.4 Å². The van der Waals surface area contributed by atoms with Gasteiger partial charge in [0.05, 0.1) is 21.6 Å². The number of fused-ring (bicyclic) bond motifs is 1. The van der Waals surface area contributed by atoms with Crippen molar-refractivity contribution in [3.05, 3.63) is 43.0 Å². The van der Waals surface area contributed by atoms with Gasteiger partial charge < -0.3 is 20.0 Å². The number of rotatable bonds is 5. The van der Waals surface area contributed by atoms with Gasteiger partial charge in [0.2, 0.25) is 0 Å². The third kappa shape index (κ3) is 2.91. The molecule has 0 aliphatic heterocycles. The first-order chi connectivity index (χ1) is 10.8. The van der Waals surface area contributed by atoms with E-state index in [1.54, 1.807) is 6.92 Å². The Balaban J connectivity index is 2.81. The number of aromatic nitrogens is 2. The summed E-state index contributed by atoms with van der Waals surface area (Å²) in [6.45, 7) is 1.65. The second kappa shape index (κ2) is 5.91. The van der Waals surface area contributed by atoms with Gasteiger partial charge in [-0.15, -0.1) is 0 Å². The lowest BCUT2D eigenvalue weighted by Crippen LogP contribution is -2.38. The van der Waals surface area contributed by atoms with Crippen LogP contribution >= 0.6 is 0 Å². The van der Waals surface area contributed by atoms with Gasteiger partial charge in [0.15, 0.2) is 0 Å². The molecule has 0 saturated carbocycles. The molecule has 0 radical (unpaired) electrons. The summed E-state index contributed by atoms with van der Waals surface area (Å²) >= 11 is 0. The van der Waals surface area contributed by atoms with Crippen LogP contribution in [0.15, 0.2) is 21.7 Å². The van der Waals surface area contributed by atoms with Crippen LogP contribution < -0.4 is 16.0 Å². The maximum Gasteiger partial charge on any atom is 0.326 e. The Bertz CT molecular complexity index is 899. The molecule has 1 heterocycles. The molecule has 1 aromatic carbocycles. The lowest BCUT2D eigenvalue weighted by atomic mass is 10.1. The molecule has 0 saturated heterocycles. The summed E-state index contributed by atoms with van der Waals surface area (Å²) in [6, 6.07) is 1.31. The largest absolute Gasteiger partial charge is 0.480 e. The Morgan fingerprint density at radius 1 is 1.35 bits per heavy atom. The molecule has 0 bridgehead atoms. The molecule has 0 fully saturated rings. The fraction of sp³-hybridized carbons (Fsp3) is 0.308. The number of nitrogens with one attached hydrogen (secondary N) is 2. The van der Waals surface area contributed by atoms with Gasteiger partial charge in [-0.25, -0.2) is 4.79 Å². The lowest BCUT2D eigenvalue weighted by molar-refractivity contribution is -0.384. The molecule has 1 atom stereocenters. The van der Waals surface area contributed by atoms with Gasteiger partial charge in [-0.2, -0.15) is 0 Å². The molecule has 3 N–H and O–H groups in total. The molecular weight excluding hydrogens is 308 g/mol. The minimum Gasteiger partial charge on any atom is -0.480 e. The van der Waals surface area contributed by atoms with E-state index in [1.165, 1.54) is 11.9 Å². The van der Waals surface area contributed by atoms with Gasteiger partial charge in [-0.3, -0.25) is 19.7 Å². The molecule has 0 spiro atoms. The zero-order chi connectivity index (χ0) is 17.3. The quantitative estimate of drug-likeness (QED) is 0.410. The molecule has 0 amide bonds. The van der Waals surface area contributed by atoms with Gasteiger partial charge >= 0.3 is 17.1 Å². The van der Waals surface area contributed by atoms with Crippen molar-refractivity contribution in [2.24, 2.45) is 0 Å². The molecule has 10 heteroatoms. The summed E-state index contributed by atoms with van der Waals surface area (Å²) in [4.78, 5) is 50.6. The summed E-state index contributed by atoms with van der Waals surface area (Å²) < 4.78 is 0. The summed E-state index contributed by atoms with van der Waals surface area (Å²) in [7, 11) is 1.45. The predicted molar refractivity (Wildman–Crippen MR) is 82.0 cm³/mol. The van der Waals surface area contributed by atoms with Crippen molar-refractivity contribution in [2.45, 2.75) is 19.4 Å². The number of hydrogen-bond donors (Lipinski definition) is 3. The summed E-state index contributed by atoms with van der Waals surface area (Å²) in [5.41, 5.74) is -1.89. The summed E-state index contributed by atoms with van der Waals surface area (Å²) in [6.07, 6.45) is 0.240. The molecule has 10 nitrogen and oxygen atoms in total. The fourth-order valence-corrected chi connectivity index (χ4v) is 2.36. The Morgan fingerprint density at radius 3 is 2.48 bits per heavy atom. The normalized spacial score (nSPS) is 12.1. The second-order valence-corrected chi connectivity index (χ2v) is 4.93. The molecule has 122 valence electrons. The third-order valence-corrected chi connectivity index (χ3v) is 3.53. The molecule has 1 aromatic heterocycles. The Labute approximate surface area is 128 Å². The average Bonchev–Trinajstić information content (AvgIpc) is 2.47. The number of anilines is 1. The van der Waals surface area contributed by atoms with E-state index in [1.807, 2.05) is 0 Å². The predicted octanol–water partition coefficient (Wildman–Crippen LogP) is 0.424. The zero-order valence-electron chi connectivity index (χ0n) is 12.3. The molecular formula is C13H14N4O6. The van der Waals surface area contributed by atoms with Crippen molar-refractivity contribution in [1.29, 1.82) is 0 Å². The van der Waals surface area contributed by atoms with Gasteiger partial charge in [-0.1, -0.05) is 6.92 Å². The SMILES string of the molecule is CCC(C(=O)O)N(C)c1cc([N+](=O)[O-])cc2[nH]c(=O)c(=O)[nH]c12. The molecule has 23 heavy (non-hydrogen) atoms. The van der Waals surface area contributed by atoms with Gasteiger partial charge in [0.25, 0.3) is 5.69 Å². The van der Waals surface area contributed by atoms with Crippen molar-refractivity contribution in [1.82, 2.24) is 9.97 Å². The van der Waals surface area contributed by atoms with E-state index in [0.717, 1.165) is 12.1 Å². The highest BCUT2D eigenvalue weighted by Gasteiger charge is 2.25. The molecule has 1 unspecified atom stereocenters. The van der Waals surface area contributed by atoms with E-state index in [4.69, 9.17) is 0 Å². The van der Waals surface area contributed by atoms with Crippen LogP contribution in [-0.2, 0) is 4.79 Å². The van der Waals surface area contributed by atoms with E-state index in [-0.39, 0.29) is 28.8 Å². The number of carbonyl (C=O) groups is 1. The summed E-state index contributed by atoms with van der Waals surface area (Å²) in [5, 5.41) is 20.3. The Hall–Kier alpha value is -3.17. The van der Waals surface area contributed by atoms with Crippen LogP contribution in [0.3, 0.4) is 0 Å². The topological polar surface area (TPSA) is 149 Å². The smallest absolute Gasteiger partial charge is 0.326 e. The maximum atomic E-state index is 11.5. The standard InChI is InChI=1S/C13H14N4O6/c1-3-8(13(20)21)16(2)9-5-6(17(22)23)4-7-10(9)15-12(19)11(18)14-7/h4-5,8H,3H2,1-2H3,(H,14,18)(H,15,19)(H,20,21). The molecule has 2 rings (SSSR count). The van der Waals surface area contributed by atoms with Gasteiger partial charge in [0, 0.05) is 19.2 Å². The van der Waals surface area contributed by atoms with Crippen LogP contribution in [0, 0.1) is 10.1 Å². The van der Waals surface area contributed by atoms with Crippen LogP contribution in [0.4, 0.5) is 11.4 Å². The highest BCUT2D eigenvalue weighted by atomic mass is 16.6. The maximum absolute atomic E-state index is 11.5. The molecule has 0 aliphatic rings. The number of nitro groups is 1. The van der Waals surface area contributed by atoms with Crippen molar-refractivity contribution < 1.29 is 14.8 Å². The van der Waals surface area contributed by atoms with E-state index >= 15 is 0 Å². The number of aromatic amines is 2. The monoisotopic (exact) mass is 322 g/mol. The summed E-state index contributed by atoms with van der Waals surface area (Å²) in [5.74, 6) is -1.11. The number of nitrogens with zero attached hydrogens (tertiary/aromatic N) is 2. The number of aliphatic carboxylic acids is 1. The highest BCUT2D eigenvalue weighted by molar-refractivity contribution is 5.92. The van der Waals surface area contributed by atoms with Crippen LogP contribution in [0.1, 0.15) is 13.3 Å². The molecule has 2 aromatic rings. The Morgan fingerprint density at radius 2 is 1.96 bits per heavy atom. The molecule has 0 aliphatic carbocycles. The first kappa shape index (κ1) is 16.2. The van der Waals surface area contributed by atoms with Crippen LogP contribution in [0.2, 0.25) is 0 Å². The lowest BCUT2D eigenvalue weighted by Gasteiger charge is -2.26. The van der Waals surface area contributed by atoms with Gasteiger partial charge in [-0.05, 0) is 6.42 Å². The number of hydrogen-bond acceptors (Lipinski definition) is 6. The van der Waals surface area contributed by atoms with E-state index in [9.17, 15) is 29.6 Å². The minimum atomic E-state index is -1.11. The Kier molecular flexibility index (Phi) is 4.16. The van der Waals surface area contributed by atoms with Crippen LogP contribution in [0.5, 0.6) is 0 Å². The zero-order valence-corrected chi connectivity index (χ0v) is 12.3. The van der Waals surface area contributed by atoms with Crippen LogP contribution in [0.25, 0.3) is 11.0 Å². The number of benzene rings is 1. The first-order valence-corrected chi connectivity index (χ1v) is 6.66. The van der Waals surface area contributed by atoms with Crippen molar-refractivity contribution in [2.75, 3.05) is 11.9 Å². The van der Waals surface area contributed by atoms with Gasteiger partial charge in [0.1, 0.15) is 6.04 Å². The number of carboxylic acids is 1. The van der Waals surface area contributed by atoms with Crippen molar-refractivity contribution in [3.63, 3.8) is 0 Å². The fourth-order valence-electron chi connectivity index (χ4n) is 2.36. The first-order valence-electron chi connectivity index (χ1n) is 6.66. The highest BCUT2D eigenvalue weighted by Crippen LogP contribution is 2.29. The van der Waals surface area contributed by atoms with E-state index in [0.29, 0.717) is 0 Å². The van der Waals surface area contributed by atoms with E-state index in [2.05, 4.69) is 9.97 Å². The van der Waals surface area contributed by atoms with E-state index < -0.39 is 28.1 Å².